The molecule has 0 aliphatic carbocycles. The number of thiophene rings is 1. The Morgan fingerprint density at radius 1 is 1.44 bits per heavy atom. The highest BCUT2D eigenvalue weighted by Crippen LogP contribution is 2.20. The molecule has 1 unspecified atom stereocenters. The quantitative estimate of drug-likeness (QED) is 0.772. The van der Waals surface area contributed by atoms with Crippen LogP contribution in [0.15, 0.2) is 17.5 Å². The molecule has 0 saturated carbocycles. The second-order valence-electron chi connectivity index (χ2n) is 4.83. The number of amides is 1. The summed E-state index contributed by atoms with van der Waals surface area (Å²) in [6.45, 7) is 7.07. The zero-order valence-electron chi connectivity index (χ0n) is 11.6. The van der Waals surface area contributed by atoms with Gasteiger partial charge in [0.15, 0.2) is 0 Å². The topological polar surface area (TPSA) is 46.3 Å². The Hall–Kier alpha value is -0.870. The first kappa shape index (κ1) is 15.2. The van der Waals surface area contributed by atoms with E-state index in [1.54, 1.807) is 11.3 Å². The fourth-order valence-corrected chi connectivity index (χ4v) is 2.64. The van der Waals surface area contributed by atoms with Crippen LogP contribution in [0.1, 0.15) is 51.0 Å². The lowest BCUT2D eigenvalue weighted by molar-refractivity contribution is -0.134. The molecule has 0 saturated heterocycles. The van der Waals surface area contributed by atoms with Gasteiger partial charge in [-0.15, -0.1) is 11.3 Å². The summed E-state index contributed by atoms with van der Waals surface area (Å²) in [5.41, 5.74) is 6.05. The van der Waals surface area contributed by atoms with Crippen LogP contribution in [0.3, 0.4) is 0 Å². The van der Waals surface area contributed by atoms with Crippen LogP contribution in [0.4, 0.5) is 0 Å². The van der Waals surface area contributed by atoms with E-state index in [0.29, 0.717) is 0 Å². The first-order valence-corrected chi connectivity index (χ1v) is 7.55. The minimum absolute atomic E-state index is 0.0450. The molecule has 0 aliphatic heterocycles. The van der Waals surface area contributed by atoms with Gasteiger partial charge >= 0.3 is 0 Å². The molecule has 0 radical (unpaired) electrons. The number of unbranched alkanes of at least 4 members (excludes halogenated alkanes) is 2. The van der Waals surface area contributed by atoms with Gasteiger partial charge in [0.2, 0.25) is 5.91 Å². The molecule has 0 aliphatic rings. The fourth-order valence-electron chi connectivity index (χ4n) is 1.92. The van der Waals surface area contributed by atoms with Gasteiger partial charge in [0.05, 0.1) is 0 Å². The second kappa shape index (κ2) is 7.54. The van der Waals surface area contributed by atoms with Crippen molar-refractivity contribution in [2.45, 2.75) is 52.1 Å². The molecule has 4 heteroatoms. The van der Waals surface area contributed by atoms with Crippen molar-refractivity contribution in [2.75, 3.05) is 6.54 Å². The average molecular weight is 268 g/mol. The van der Waals surface area contributed by atoms with E-state index in [1.165, 1.54) is 0 Å². The van der Waals surface area contributed by atoms with E-state index >= 15 is 0 Å². The lowest BCUT2D eigenvalue weighted by Crippen LogP contribution is -2.43. The molecule has 18 heavy (non-hydrogen) atoms. The van der Waals surface area contributed by atoms with Gasteiger partial charge in [-0.2, -0.15) is 0 Å². The van der Waals surface area contributed by atoms with E-state index in [-0.39, 0.29) is 11.9 Å². The van der Waals surface area contributed by atoms with Gasteiger partial charge in [0, 0.05) is 17.5 Å². The van der Waals surface area contributed by atoms with Gasteiger partial charge < -0.3 is 10.6 Å². The third-order valence-corrected chi connectivity index (χ3v) is 3.98. The van der Waals surface area contributed by atoms with Gasteiger partial charge in [-0.25, -0.2) is 0 Å². The van der Waals surface area contributed by atoms with Crippen LogP contribution in [0, 0.1) is 0 Å². The summed E-state index contributed by atoms with van der Waals surface area (Å²) >= 11 is 1.54. The number of carbonyl (C=O) groups is 1. The van der Waals surface area contributed by atoms with E-state index < -0.39 is 6.04 Å². The molecule has 1 aromatic rings. The van der Waals surface area contributed by atoms with Crippen molar-refractivity contribution in [3.8, 4) is 0 Å². The summed E-state index contributed by atoms with van der Waals surface area (Å²) in [5, 5.41) is 1.96. The predicted octanol–water partition coefficient (Wildman–Crippen LogP) is 3.18. The van der Waals surface area contributed by atoms with Gasteiger partial charge in [-0.3, -0.25) is 4.79 Å². The standard InChI is InChI=1S/C14H24N2OS/c1-4-5-6-9-16(11(2)3)14(17)13(15)12-8-7-10-18-12/h7-8,10-11,13H,4-6,9,15H2,1-3H3. The highest BCUT2D eigenvalue weighted by atomic mass is 32.1. The molecular weight excluding hydrogens is 244 g/mol. The Bertz CT molecular complexity index is 349. The maximum absolute atomic E-state index is 12.4. The third kappa shape index (κ3) is 4.10. The molecule has 1 rings (SSSR count). The average Bonchev–Trinajstić information content (AvgIpc) is 2.86. The number of carbonyl (C=O) groups excluding carboxylic acids is 1. The van der Waals surface area contributed by atoms with E-state index in [9.17, 15) is 4.79 Å². The Morgan fingerprint density at radius 2 is 2.17 bits per heavy atom. The molecule has 102 valence electrons. The van der Waals surface area contributed by atoms with Crippen LogP contribution in [-0.2, 0) is 4.79 Å². The SMILES string of the molecule is CCCCCN(C(=O)C(N)c1cccs1)C(C)C. The summed E-state index contributed by atoms with van der Waals surface area (Å²) in [6, 6.07) is 3.57. The van der Waals surface area contributed by atoms with Crippen LogP contribution in [0.25, 0.3) is 0 Å². The van der Waals surface area contributed by atoms with Crippen molar-refractivity contribution in [1.29, 1.82) is 0 Å². The molecule has 0 spiro atoms. The number of hydrogen-bond acceptors (Lipinski definition) is 3. The van der Waals surface area contributed by atoms with Crippen molar-refractivity contribution in [3.05, 3.63) is 22.4 Å². The second-order valence-corrected chi connectivity index (χ2v) is 5.80. The van der Waals surface area contributed by atoms with Gasteiger partial charge in [0.1, 0.15) is 6.04 Å². The smallest absolute Gasteiger partial charge is 0.245 e. The lowest BCUT2D eigenvalue weighted by atomic mass is 10.1. The third-order valence-electron chi connectivity index (χ3n) is 3.02. The molecule has 0 aromatic carbocycles. The highest BCUT2D eigenvalue weighted by molar-refractivity contribution is 7.10. The zero-order valence-corrected chi connectivity index (χ0v) is 12.4. The van der Waals surface area contributed by atoms with E-state index in [4.69, 9.17) is 5.73 Å². The van der Waals surface area contributed by atoms with E-state index in [2.05, 4.69) is 6.92 Å². The van der Waals surface area contributed by atoms with Crippen molar-refractivity contribution in [2.24, 2.45) is 5.73 Å². The minimum atomic E-state index is -0.506. The predicted molar refractivity (Wildman–Crippen MR) is 77.6 cm³/mol. The Balaban J connectivity index is 2.64. The molecule has 3 nitrogen and oxygen atoms in total. The van der Waals surface area contributed by atoms with Crippen LogP contribution in [-0.4, -0.2) is 23.4 Å². The largest absolute Gasteiger partial charge is 0.339 e. The van der Waals surface area contributed by atoms with E-state index in [1.807, 2.05) is 36.3 Å². The summed E-state index contributed by atoms with van der Waals surface area (Å²) in [6.07, 6.45) is 3.37. The maximum atomic E-state index is 12.4. The summed E-state index contributed by atoms with van der Waals surface area (Å²) < 4.78 is 0. The van der Waals surface area contributed by atoms with Crippen LogP contribution < -0.4 is 5.73 Å². The van der Waals surface area contributed by atoms with Crippen LogP contribution in [0.5, 0.6) is 0 Å². The Kier molecular flexibility index (Phi) is 6.36. The first-order chi connectivity index (χ1) is 8.57. The molecule has 1 amide bonds. The normalized spacial score (nSPS) is 12.7. The molecular formula is C14H24N2OS. The molecule has 1 atom stereocenters. The molecule has 2 N–H and O–H groups in total. The van der Waals surface area contributed by atoms with E-state index in [0.717, 1.165) is 30.7 Å². The number of nitrogens with two attached hydrogens (primary N) is 1. The van der Waals surface area contributed by atoms with Gasteiger partial charge in [0.25, 0.3) is 0 Å². The summed E-state index contributed by atoms with van der Waals surface area (Å²) in [4.78, 5) is 15.2. The van der Waals surface area contributed by atoms with Crippen molar-refractivity contribution < 1.29 is 4.79 Å². The molecule has 0 bridgehead atoms. The monoisotopic (exact) mass is 268 g/mol. The molecule has 1 heterocycles. The number of hydrogen-bond donors (Lipinski definition) is 1. The van der Waals surface area contributed by atoms with Crippen LogP contribution in [0.2, 0.25) is 0 Å². The Labute approximate surface area is 114 Å². The van der Waals surface area contributed by atoms with Gasteiger partial charge in [-0.05, 0) is 31.7 Å². The zero-order chi connectivity index (χ0) is 13.5. The minimum Gasteiger partial charge on any atom is -0.339 e. The summed E-state index contributed by atoms with van der Waals surface area (Å²) in [7, 11) is 0. The Morgan fingerprint density at radius 3 is 2.67 bits per heavy atom. The number of rotatable bonds is 7. The first-order valence-electron chi connectivity index (χ1n) is 6.67. The molecule has 1 aromatic heterocycles. The fraction of sp³-hybridized carbons (Fsp3) is 0.643. The maximum Gasteiger partial charge on any atom is 0.245 e. The van der Waals surface area contributed by atoms with Crippen LogP contribution >= 0.6 is 11.3 Å². The van der Waals surface area contributed by atoms with Gasteiger partial charge in [-0.1, -0.05) is 25.8 Å². The lowest BCUT2D eigenvalue weighted by Gasteiger charge is -2.29. The summed E-state index contributed by atoms with van der Waals surface area (Å²) in [5.74, 6) is 0.0450. The number of nitrogens with zero attached hydrogens (tertiary/aromatic N) is 1. The molecule has 0 fully saturated rings. The van der Waals surface area contributed by atoms with Crippen molar-refractivity contribution in [1.82, 2.24) is 4.90 Å². The van der Waals surface area contributed by atoms with Crippen molar-refractivity contribution in [3.63, 3.8) is 0 Å². The van der Waals surface area contributed by atoms with Crippen molar-refractivity contribution >= 4 is 17.2 Å². The highest BCUT2D eigenvalue weighted by Gasteiger charge is 2.24.